The molecular weight excluding hydrogens is 318 g/mol. The van der Waals surface area contributed by atoms with Crippen molar-refractivity contribution in [2.75, 3.05) is 64.0 Å². The third-order valence-electron chi connectivity index (χ3n) is 4.17. The number of rotatable bonds is 6. The highest BCUT2D eigenvalue weighted by atomic mass is 16.2. The zero-order valence-electron chi connectivity index (χ0n) is 15.4. The van der Waals surface area contributed by atoms with Crippen LogP contribution < -0.4 is 10.6 Å². The molecule has 0 atom stereocenters. The fraction of sp³-hybridized carbons (Fsp3) is 0.556. The molecule has 1 aromatic carbocycles. The van der Waals surface area contributed by atoms with E-state index in [1.165, 1.54) is 6.92 Å². The molecule has 0 unspecified atom stereocenters. The van der Waals surface area contributed by atoms with Gasteiger partial charge in [-0.1, -0.05) is 6.07 Å². The van der Waals surface area contributed by atoms with Crippen LogP contribution in [0.25, 0.3) is 0 Å². The first kappa shape index (κ1) is 19.2. The summed E-state index contributed by atoms with van der Waals surface area (Å²) in [4.78, 5) is 30.0. The van der Waals surface area contributed by atoms with E-state index in [4.69, 9.17) is 0 Å². The zero-order valence-corrected chi connectivity index (χ0v) is 15.4. The summed E-state index contributed by atoms with van der Waals surface area (Å²) in [5, 5.41) is 5.63. The number of hydrogen-bond donors (Lipinski definition) is 2. The summed E-state index contributed by atoms with van der Waals surface area (Å²) in [5.41, 5.74) is 1.36. The molecule has 1 heterocycles. The maximum atomic E-state index is 12.4. The second kappa shape index (κ2) is 9.39. The molecule has 0 radical (unpaired) electrons. The Morgan fingerprint density at radius 3 is 2.32 bits per heavy atom. The van der Waals surface area contributed by atoms with Crippen molar-refractivity contribution in [1.29, 1.82) is 0 Å². The average molecular weight is 347 g/mol. The molecule has 7 heteroatoms. The van der Waals surface area contributed by atoms with E-state index in [0.29, 0.717) is 11.4 Å². The van der Waals surface area contributed by atoms with E-state index in [1.54, 1.807) is 12.1 Å². The van der Waals surface area contributed by atoms with Gasteiger partial charge in [0.25, 0.3) is 0 Å². The zero-order chi connectivity index (χ0) is 18.2. The number of carbonyl (C=O) groups is 2. The molecule has 25 heavy (non-hydrogen) atoms. The molecule has 0 saturated carbocycles. The van der Waals surface area contributed by atoms with Gasteiger partial charge in [-0.25, -0.2) is 4.79 Å². The summed E-state index contributed by atoms with van der Waals surface area (Å²) >= 11 is 0. The molecule has 1 aromatic rings. The molecule has 1 saturated heterocycles. The molecule has 0 aliphatic carbocycles. The van der Waals surface area contributed by atoms with Crippen molar-refractivity contribution in [3.63, 3.8) is 0 Å². The number of urea groups is 1. The molecule has 7 nitrogen and oxygen atoms in total. The molecule has 3 amide bonds. The smallest absolute Gasteiger partial charge is 0.321 e. The predicted octanol–water partition coefficient (Wildman–Crippen LogP) is 1.75. The minimum Gasteiger partial charge on any atom is -0.326 e. The van der Waals surface area contributed by atoms with Gasteiger partial charge in [0.15, 0.2) is 0 Å². The summed E-state index contributed by atoms with van der Waals surface area (Å²) in [5.74, 6) is -0.131. The van der Waals surface area contributed by atoms with Crippen LogP contribution in [0.15, 0.2) is 24.3 Å². The van der Waals surface area contributed by atoms with Crippen LogP contribution in [0.3, 0.4) is 0 Å². The maximum Gasteiger partial charge on any atom is 0.321 e. The molecular formula is C18H29N5O2. The molecule has 1 aliphatic heterocycles. The standard InChI is InChI=1S/C18H29N5O2/c1-15(24)19-16-6-4-7-17(14-16)20-18(25)23-12-10-22(11-13-23)9-5-8-21(2)3/h4,6-7,14H,5,8-13H2,1-3H3,(H,19,24)(H,20,25). The van der Waals surface area contributed by atoms with Gasteiger partial charge >= 0.3 is 6.03 Å². The Morgan fingerprint density at radius 1 is 1.08 bits per heavy atom. The fourth-order valence-corrected chi connectivity index (χ4v) is 2.87. The number of benzene rings is 1. The highest BCUT2D eigenvalue weighted by molar-refractivity contribution is 5.92. The van der Waals surface area contributed by atoms with Crippen molar-refractivity contribution in [1.82, 2.24) is 14.7 Å². The van der Waals surface area contributed by atoms with Gasteiger partial charge in [0.05, 0.1) is 0 Å². The first-order valence-electron chi connectivity index (χ1n) is 8.75. The van der Waals surface area contributed by atoms with Crippen molar-refractivity contribution in [2.24, 2.45) is 0 Å². The molecule has 0 bridgehead atoms. The van der Waals surface area contributed by atoms with Crippen LogP contribution in [0.2, 0.25) is 0 Å². The first-order valence-corrected chi connectivity index (χ1v) is 8.75. The van der Waals surface area contributed by atoms with Gasteiger partial charge in [-0.15, -0.1) is 0 Å². The quantitative estimate of drug-likeness (QED) is 0.823. The van der Waals surface area contributed by atoms with Crippen LogP contribution in [0.5, 0.6) is 0 Å². The summed E-state index contributed by atoms with van der Waals surface area (Å²) in [6.07, 6.45) is 1.15. The van der Waals surface area contributed by atoms with Gasteiger partial charge in [-0.3, -0.25) is 9.69 Å². The summed E-state index contributed by atoms with van der Waals surface area (Å²) in [6.45, 7) is 6.92. The third kappa shape index (κ3) is 6.72. The summed E-state index contributed by atoms with van der Waals surface area (Å²) in [6, 6.07) is 7.10. The lowest BCUT2D eigenvalue weighted by Crippen LogP contribution is -2.50. The Hall–Kier alpha value is -2.12. The monoisotopic (exact) mass is 347 g/mol. The van der Waals surface area contributed by atoms with E-state index in [-0.39, 0.29) is 11.9 Å². The lowest BCUT2D eigenvalue weighted by molar-refractivity contribution is -0.114. The largest absolute Gasteiger partial charge is 0.326 e. The number of nitrogens with one attached hydrogen (secondary N) is 2. The van der Waals surface area contributed by atoms with Crippen molar-refractivity contribution >= 4 is 23.3 Å². The van der Waals surface area contributed by atoms with Gasteiger partial charge in [-0.05, 0) is 51.8 Å². The van der Waals surface area contributed by atoms with Crippen LogP contribution in [0.4, 0.5) is 16.2 Å². The normalized spacial score (nSPS) is 15.3. The number of carbonyl (C=O) groups excluding carboxylic acids is 2. The molecule has 138 valence electrons. The second-order valence-electron chi connectivity index (χ2n) is 6.68. The summed E-state index contributed by atoms with van der Waals surface area (Å²) in [7, 11) is 4.17. The van der Waals surface area contributed by atoms with Crippen molar-refractivity contribution in [2.45, 2.75) is 13.3 Å². The molecule has 1 fully saturated rings. The topological polar surface area (TPSA) is 67.9 Å². The number of anilines is 2. The van der Waals surface area contributed by atoms with E-state index in [9.17, 15) is 9.59 Å². The highest BCUT2D eigenvalue weighted by Crippen LogP contribution is 2.16. The van der Waals surface area contributed by atoms with E-state index < -0.39 is 0 Å². The number of piperazine rings is 1. The van der Waals surface area contributed by atoms with Gasteiger partial charge in [-0.2, -0.15) is 0 Å². The van der Waals surface area contributed by atoms with E-state index >= 15 is 0 Å². The van der Waals surface area contributed by atoms with Crippen molar-refractivity contribution in [3.05, 3.63) is 24.3 Å². The number of hydrogen-bond acceptors (Lipinski definition) is 4. The second-order valence-corrected chi connectivity index (χ2v) is 6.68. The average Bonchev–Trinajstić information content (AvgIpc) is 2.55. The maximum absolute atomic E-state index is 12.4. The lowest BCUT2D eigenvalue weighted by atomic mass is 10.2. The van der Waals surface area contributed by atoms with E-state index in [0.717, 1.165) is 45.7 Å². The van der Waals surface area contributed by atoms with Crippen LogP contribution >= 0.6 is 0 Å². The predicted molar refractivity (Wildman–Crippen MR) is 101 cm³/mol. The Balaban J connectivity index is 1.78. The fourth-order valence-electron chi connectivity index (χ4n) is 2.87. The number of nitrogens with zero attached hydrogens (tertiary/aromatic N) is 3. The Morgan fingerprint density at radius 2 is 1.72 bits per heavy atom. The molecule has 2 N–H and O–H groups in total. The Kier molecular flexibility index (Phi) is 7.21. The van der Waals surface area contributed by atoms with Gasteiger partial charge < -0.3 is 20.4 Å². The molecule has 1 aliphatic rings. The van der Waals surface area contributed by atoms with Gasteiger partial charge in [0.2, 0.25) is 5.91 Å². The summed E-state index contributed by atoms with van der Waals surface area (Å²) < 4.78 is 0. The van der Waals surface area contributed by atoms with Crippen molar-refractivity contribution in [3.8, 4) is 0 Å². The molecule has 2 rings (SSSR count). The number of amides is 3. The van der Waals surface area contributed by atoms with Crippen LogP contribution in [0, 0.1) is 0 Å². The van der Waals surface area contributed by atoms with Crippen LogP contribution in [-0.2, 0) is 4.79 Å². The van der Waals surface area contributed by atoms with Gasteiger partial charge in [0.1, 0.15) is 0 Å². The minimum absolute atomic E-state index is 0.0899. The van der Waals surface area contributed by atoms with Crippen LogP contribution in [-0.4, -0.2) is 80.0 Å². The molecule has 0 spiro atoms. The lowest BCUT2D eigenvalue weighted by Gasteiger charge is -2.34. The minimum atomic E-state index is -0.131. The Bertz CT molecular complexity index is 583. The Labute approximate surface area is 150 Å². The SMILES string of the molecule is CC(=O)Nc1cccc(NC(=O)N2CCN(CCCN(C)C)CC2)c1. The van der Waals surface area contributed by atoms with Crippen molar-refractivity contribution < 1.29 is 9.59 Å². The van der Waals surface area contributed by atoms with E-state index in [2.05, 4.69) is 34.5 Å². The van der Waals surface area contributed by atoms with Crippen LogP contribution in [0.1, 0.15) is 13.3 Å². The highest BCUT2D eigenvalue weighted by Gasteiger charge is 2.20. The first-order chi connectivity index (χ1) is 11.9. The molecule has 0 aromatic heterocycles. The third-order valence-corrected chi connectivity index (χ3v) is 4.17. The van der Waals surface area contributed by atoms with E-state index in [1.807, 2.05) is 17.0 Å². The van der Waals surface area contributed by atoms with Gasteiger partial charge in [0, 0.05) is 44.5 Å².